The van der Waals surface area contributed by atoms with Gasteiger partial charge in [-0.15, -0.1) is 0 Å². The number of carboxylic acids is 1. The quantitative estimate of drug-likeness (QED) is 0.700. The van der Waals surface area contributed by atoms with Gasteiger partial charge in [0.1, 0.15) is 0 Å². The molecular weight excluding hydrogens is 206 g/mol. The molecule has 0 saturated heterocycles. The maximum Gasteiger partial charge on any atom is 0.308 e. The van der Waals surface area contributed by atoms with Crippen molar-refractivity contribution >= 4 is 11.9 Å². The first-order chi connectivity index (χ1) is 7.58. The minimum absolute atomic E-state index is 0.0185. The Balaban J connectivity index is 1.81. The van der Waals surface area contributed by atoms with Crippen molar-refractivity contribution in [1.82, 2.24) is 5.32 Å². The molecule has 4 heteroatoms. The number of hydrogen-bond donors (Lipinski definition) is 2. The van der Waals surface area contributed by atoms with E-state index in [2.05, 4.69) is 17.5 Å². The van der Waals surface area contributed by atoms with E-state index in [9.17, 15) is 9.59 Å². The van der Waals surface area contributed by atoms with Gasteiger partial charge in [0.2, 0.25) is 5.91 Å². The van der Waals surface area contributed by atoms with Crippen molar-refractivity contribution in [3.63, 3.8) is 0 Å². The smallest absolute Gasteiger partial charge is 0.308 e. The number of aliphatic carboxylic acids is 1. The van der Waals surface area contributed by atoms with Gasteiger partial charge in [0.25, 0.3) is 0 Å². The zero-order valence-corrected chi connectivity index (χ0v) is 9.35. The fourth-order valence-corrected chi connectivity index (χ4v) is 2.55. The number of carbonyl (C=O) groups is 2. The lowest BCUT2D eigenvalue weighted by Crippen LogP contribution is -2.37. The maximum absolute atomic E-state index is 11.8. The molecule has 4 atom stereocenters. The highest BCUT2D eigenvalue weighted by molar-refractivity contribution is 5.80. The summed E-state index contributed by atoms with van der Waals surface area (Å²) in [5.41, 5.74) is 0. The second-order valence-electron chi connectivity index (χ2n) is 4.87. The molecule has 88 valence electrons. The minimum atomic E-state index is -0.867. The first kappa shape index (κ1) is 11.2. The fourth-order valence-electron chi connectivity index (χ4n) is 2.55. The van der Waals surface area contributed by atoms with Crippen molar-refractivity contribution in [3.05, 3.63) is 12.2 Å². The lowest BCUT2D eigenvalue weighted by atomic mass is 9.92. The summed E-state index contributed by atoms with van der Waals surface area (Å²) in [5, 5.41) is 11.4. The van der Waals surface area contributed by atoms with Gasteiger partial charge in [-0.3, -0.25) is 9.59 Å². The van der Waals surface area contributed by atoms with Gasteiger partial charge in [-0.25, -0.2) is 0 Å². The van der Waals surface area contributed by atoms with Crippen LogP contribution in [0.5, 0.6) is 0 Å². The number of fused-ring (bicyclic) bond motifs is 2. The van der Waals surface area contributed by atoms with Crippen LogP contribution in [0, 0.1) is 23.7 Å². The summed E-state index contributed by atoms with van der Waals surface area (Å²) in [4.78, 5) is 22.4. The first-order valence-electron chi connectivity index (χ1n) is 5.76. The van der Waals surface area contributed by atoms with Crippen molar-refractivity contribution in [1.29, 1.82) is 0 Å². The van der Waals surface area contributed by atoms with Crippen LogP contribution >= 0.6 is 0 Å². The van der Waals surface area contributed by atoms with Crippen LogP contribution < -0.4 is 5.32 Å². The number of rotatable bonds is 4. The van der Waals surface area contributed by atoms with Crippen LogP contribution in [0.3, 0.4) is 0 Å². The SMILES string of the molecule is CC(CNC(=O)C1CC2C=CC1C2)C(=O)O. The molecule has 0 spiro atoms. The predicted octanol–water partition coefficient (Wildman–Crippen LogP) is 1.04. The number of hydrogen-bond acceptors (Lipinski definition) is 2. The highest BCUT2D eigenvalue weighted by atomic mass is 16.4. The summed E-state index contributed by atoms with van der Waals surface area (Å²) in [6, 6.07) is 0. The van der Waals surface area contributed by atoms with Crippen LogP contribution in [0.2, 0.25) is 0 Å². The summed E-state index contributed by atoms with van der Waals surface area (Å²) in [6.45, 7) is 1.83. The summed E-state index contributed by atoms with van der Waals surface area (Å²) < 4.78 is 0. The van der Waals surface area contributed by atoms with Gasteiger partial charge in [-0.05, 0) is 24.7 Å². The molecule has 1 fully saturated rings. The van der Waals surface area contributed by atoms with Crippen LogP contribution in [0.4, 0.5) is 0 Å². The molecule has 4 unspecified atom stereocenters. The van der Waals surface area contributed by atoms with Gasteiger partial charge in [-0.2, -0.15) is 0 Å². The van der Waals surface area contributed by atoms with Gasteiger partial charge in [-0.1, -0.05) is 19.1 Å². The second-order valence-corrected chi connectivity index (χ2v) is 4.87. The molecule has 0 radical (unpaired) electrons. The van der Waals surface area contributed by atoms with Crippen molar-refractivity contribution < 1.29 is 14.7 Å². The Labute approximate surface area is 94.7 Å². The average molecular weight is 223 g/mol. The maximum atomic E-state index is 11.8. The molecule has 0 aromatic rings. The van der Waals surface area contributed by atoms with Crippen molar-refractivity contribution in [2.75, 3.05) is 6.54 Å². The Morgan fingerprint density at radius 2 is 2.19 bits per heavy atom. The van der Waals surface area contributed by atoms with Gasteiger partial charge in [0, 0.05) is 12.5 Å². The molecule has 0 heterocycles. The van der Waals surface area contributed by atoms with E-state index in [0.717, 1.165) is 12.8 Å². The van der Waals surface area contributed by atoms with Crippen LogP contribution in [0.1, 0.15) is 19.8 Å². The zero-order valence-electron chi connectivity index (χ0n) is 9.35. The first-order valence-corrected chi connectivity index (χ1v) is 5.76. The van der Waals surface area contributed by atoms with E-state index in [0.29, 0.717) is 11.8 Å². The van der Waals surface area contributed by atoms with Crippen LogP contribution in [0.15, 0.2) is 12.2 Å². The van der Waals surface area contributed by atoms with E-state index in [1.54, 1.807) is 6.92 Å². The summed E-state index contributed by atoms with van der Waals surface area (Å²) in [7, 11) is 0. The third-order valence-corrected chi connectivity index (χ3v) is 3.62. The molecule has 4 nitrogen and oxygen atoms in total. The molecule has 2 N–H and O–H groups in total. The second kappa shape index (κ2) is 4.28. The van der Waals surface area contributed by atoms with E-state index in [4.69, 9.17) is 5.11 Å². The van der Waals surface area contributed by atoms with Crippen molar-refractivity contribution in [3.8, 4) is 0 Å². The number of carbonyl (C=O) groups excluding carboxylic acids is 1. The highest BCUT2D eigenvalue weighted by Gasteiger charge is 2.39. The topological polar surface area (TPSA) is 66.4 Å². The molecular formula is C12H17NO3. The Morgan fingerprint density at radius 3 is 2.69 bits per heavy atom. The van der Waals surface area contributed by atoms with E-state index < -0.39 is 11.9 Å². The number of allylic oxidation sites excluding steroid dienone is 2. The highest BCUT2D eigenvalue weighted by Crippen LogP contribution is 2.43. The molecule has 1 amide bonds. The Hall–Kier alpha value is -1.32. The monoisotopic (exact) mass is 223 g/mol. The zero-order chi connectivity index (χ0) is 11.7. The van der Waals surface area contributed by atoms with E-state index >= 15 is 0 Å². The number of carboxylic acid groups (broad SMARTS) is 1. The summed E-state index contributed by atoms with van der Waals surface area (Å²) in [6.07, 6.45) is 6.33. The van der Waals surface area contributed by atoms with Gasteiger partial charge in [0.15, 0.2) is 0 Å². The molecule has 2 rings (SSSR count). The van der Waals surface area contributed by atoms with E-state index in [-0.39, 0.29) is 18.4 Å². The average Bonchev–Trinajstić information content (AvgIpc) is 2.86. The molecule has 2 aliphatic rings. The fraction of sp³-hybridized carbons (Fsp3) is 0.667. The normalized spacial score (nSPS) is 32.7. The number of amides is 1. The standard InChI is InChI=1S/C12H17NO3/c1-7(12(15)16)6-13-11(14)10-5-8-2-3-9(10)4-8/h2-3,7-10H,4-6H2,1H3,(H,13,14)(H,15,16). The Morgan fingerprint density at radius 1 is 1.44 bits per heavy atom. The Kier molecular flexibility index (Phi) is 2.99. The summed E-state index contributed by atoms with van der Waals surface area (Å²) in [5.74, 6) is -0.352. The summed E-state index contributed by atoms with van der Waals surface area (Å²) >= 11 is 0. The van der Waals surface area contributed by atoms with Crippen molar-refractivity contribution in [2.24, 2.45) is 23.7 Å². The third-order valence-electron chi connectivity index (χ3n) is 3.62. The largest absolute Gasteiger partial charge is 0.481 e. The van der Waals surface area contributed by atoms with Crippen LogP contribution in [-0.2, 0) is 9.59 Å². The molecule has 2 bridgehead atoms. The molecule has 0 aromatic heterocycles. The molecule has 0 aromatic carbocycles. The van der Waals surface area contributed by atoms with E-state index in [1.165, 1.54) is 0 Å². The van der Waals surface area contributed by atoms with Gasteiger partial charge in [0.05, 0.1) is 5.92 Å². The number of nitrogens with one attached hydrogen (secondary N) is 1. The lowest BCUT2D eigenvalue weighted by Gasteiger charge is -2.18. The lowest BCUT2D eigenvalue weighted by molar-refractivity contribution is -0.141. The molecule has 2 aliphatic carbocycles. The molecule has 0 aliphatic heterocycles. The van der Waals surface area contributed by atoms with Crippen molar-refractivity contribution in [2.45, 2.75) is 19.8 Å². The van der Waals surface area contributed by atoms with Crippen LogP contribution in [0.25, 0.3) is 0 Å². The molecule has 1 saturated carbocycles. The van der Waals surface area contributed by atoms with Crippen LogP contribution in [-0.4, -0.2) is 23.5 Å². The Bertz CT molecular complexity index is 337. The predicted molar refractivity (Wildman–Crippen MR) is 58.7 cm³/mol. The molecule has 16 heavy (non-hydrogen) atoms. The van der Waals surface area contributed by atoms with Gasteiger partial charge >= 0.3 is 5.97 Å². The van der Waals surface area contributed by atoms with E-state index in [1.807, 2.05) is 0 Å². The minimum Gasteiger partial charge on any atom is -0.481 e. The third kappa shape index (κ3) is 2.10. The van der Waals surface area contributed by atoms with Gasteiger partial charge < -0.3 is 10.4 Å².